The van der Waals surface area contributed by atoms with Gasteiger partial charge in [-0.1, -0.05) is 41.4 Å². The summed E-state index contributed by atoms with van der Waals surface area (Å²) in [6.45, 7) is 2.06. The minimum Gasteiger partial charge on any atom is -0.312 e. The van der Waals surface area contributed by atoms with Crippen LogP contribution in [0.25, 0.3) is 0 Å². The number of benzene rings is 2. The Bertz CT molecular complexity index is 580. The Morgan fingerprint density at radius 1 is 1.10 bits per heavy atom. The van der Waals surface area contributed by atoms with Crippen molar-refractivity contribution in [3.05, 3.63) is 64.7 Å². The fourth-order valence-electron chi connectivity index (χ4n) is 1.98. The minimum absolute atomic E-state index is 0.0760. The molecule has 2 unspecified atom stereocenters. The molecule has 20 heavy (non-hydrogen) atoms. The van der Waals surface area contributed by atoms with E-state index in [1.165, 1.54) is 5.56 Å². The molecule has 2 atom stereocenters. The fraction of sp³-hybridized carbons (Fsp3) is 0.250. The van der Waals surface area contributed by atoms with Gasteiger partial charge in [0.1, 0.15) is 0 Å². The average molecular weight is 308 g/mol. The molecule has 2 aromatic rings. The molecular weight excluding hydrogens is 290 g/mol. The monoisotopic (exact) mass is 307 g/mol. The molecule has 0 saturated carbocycles. The smallest absolute Gasteiger partial charge is 0.0548 e. The van der Waals surface area contributed by atoms with Crippen LogP contribution in [-0.2, 0) is 10.8 Å². The van der Waals surface area contributed by atoms with Crippen molar-refractivity contribution in [2.45, 2.75) is 17.9 Å². The van der Waals surface area contributed by atoms with Gasteiger partial charge in [0, 0.05) is 21.7 Å². The third-order valence-corrected chi connectivity index (χ3v) is 4.91. The van der Waals surface area contributed by atoms with Gasteiger partial charge in [0.15, 0.2) is 0 Å². The highest BCUT2D eigenvalue weighted by Gasteiger charge is 2.14. The molecule has 4 heteroatoms. The molecule has 1 N–H and O–H groups in total. The van der Waals surface area contributed by atoms with E-state index in [0.29, 0.717) is 10.8 Å². The Kier molecular flexibility index (Phi) is 5.35. The van der Waals surface area contributed by atoms with Crippen LogP contribution in [0.1, 0.15) is 17.2 Å². The molecule has 0 radical (unpaired) electrons. The van der Waals surface area contributed by atoms with Crippen molar-refractivity contribution >= 4 is 22.4 Å². The van der Waals surface area contributed by atoms with E-state index in [4.69, 9.17) is 11.6 Å². The second-order valence-corrected chi connectivity index (χ2v) is 6.65. The molecule has 0 amide bonds. The van der Waals surface area contributed by atoms with Gasteiger partial charge in [-0.05, 0) is 43.8 Å². The molecule has 0 saturated heterocycles. The van der Waals surface area contributed by atoms with Crippen LogP contribution in [0.2, 0.25) is 5.02 Å². The van der Waals surface area contributed by atoms with Gasteiger partial charge in [0.2, 0.25) is 0 Å². The molecule has 2 aromatic carbocycles. The zero-order valence-corrected chi connectivity index (χ0v) is 13.2. The summed E-state index contributed by atoms with van der Waals surface area (Å²) in [5, 5.41) is 3.89. The average Bonchev–Trinajstić information content (AvgIpc) is 2.46. The summed E-state index contributed by atoms with van der Waals surface area (Å²) in [4.78, 5) is 0.807. The van der Waals surface area contributed by atoms with Crippen LogP contribution in [0.15, 0.2) is 53.4 Å². The van der Waals surface area contributed by atoms with Gasteiger partial charge in [-0.15, -0.1) is 0 Å². The summed E-state index contributed by atoms with van der Waals surface area (Å²) < 4.78 is 12.4. The maximum atomic E-state index is 12.4. The van der Waals surface area contributed by atoms with Crippen LogP contribution in [-0.4, -0.2) is 17.0 Å². The molecule has 0 heterocycles. The first kappa shape index (κ1) is 15.2. The number of halogens is 1. The van der Waals surface area contributed by atoms with Crippen LogP contribution in [0.3, 0.4) is 0 Å². The van der Waals surface area contributed by atoms with Crippen LogP contribution in [0.5, 0.6) is 0 Å². The van der Waals surface area contributed by atoms with Gasteiger partial charge < -0.3 is 5.32 Å². The number of aryl methyl sites for hydroxylation is 1. The number of nitrogens with one attached hydrogen (secondary N) is 1. The lowest BCUT2D eigenvalue weighted by molar-refractivity contribution is 0.635. The van der Waals surface area contributed by atoms with E-state index in [0.717, 1.165) is 10.5 Å². The summed E-state index contributed by atoms with van der Waals surface area (Å²) in [5.74, 6) is 0.543. The largest absolute Gasteiger partial charge is 0.312 e. The van der Waals surface area contributed by atoms with Crippen molar-refractivity contribution in [2.75, 3.05) is 12.8 Å². The molecular formula is C16H18ClNOS. The lowest BCUT2D eigenvalue weighted by atomic mass is 10.1. The molecule has 2 rings (SSSR count). The summed E-state index contributed by atoms with van der Waals surface area (Å²) in [6, 6.07) is 15.6. The topological polar surface area (TPSA) is 29.1 Å². The fourth-order valence-corrected chi connectivity index (χ4v) is 3.40. The first-order valence-electron chi connectivity index (χ1n) is 6.48. The Morgan fingerprint density at radius 2 is 1.70 bits per heavy atom. The normalized spacial score (nSPS) is 13.9. The summed E-state index contributed by atoms with van der Waals surface area (Å²) in [6.07, 6.45) is 0. The molecule has 2 nitrogen and oxygen atoms in total. The number of rotatable bonds is 5. The Morgan fingerprint density at radius 3 is 2.25 bits per heavy atom. The second kappa shape index (κ2) is 7.02. The Labute approximate surface area is 127 Å². The molecule has 0 aliphatic rings. The first-order valence-corrected chi connectivity index (χ1v) is 8.17. The Balaban J connectivity index is 2.11. The molecule has 0 aliphatic heterocycles. The second-order valence-electron chi connectivity index (χ2n) is 4.72. The standard InChI is InChI=1S/C16H18ClNOS/c1-12-3-5-13(6-4-12)16(18-2)11-20(19)15-9-7-14(17)8-10-15/h3-10,16,18H,11H2,1-2H3. The Hall–Kier alpha value is -1.16. The SMILES string of the molecule is CNC(CS(=O)c1ccc(Cl)cc1)c1ccc(C)cc1. The van der Waals surface area contributed by atoms with E-state index in [1.807, 2.05) is 19.2 Å². The third kappa shape index (κ3) is 3.92. The predicted octanol–water partition coefficient (Wildman–Crippen LogP) is 3.72. The highest BCUT2D eigenvalue weighted by atomic mass is 35.5. The zero-order valence-electron chi connectivity index (χ0n) is 11.6. The van der Waals surface area contributed by atoms with E-state index in [2.05, 4.69) is 36.5 Å². The first-order chi connectivity index (χ1) is 9.60. The molecule has 0 bridgehead atoms. The minimum atomic E-state index is -1.05. The van der Waals surface area contributed by atoms with E-state index in [9.17, 15) is 4.21 Å². The van der Waals surface area contributed by atoms with Crippen LogP contribution < -0.4 is 5.32 Å². The molecule has 0 fully saturated rings. The van der Waals surface area contributed by atoms with E-state index >= 15 is 0 Å². The van der Waals surface area contributed by atoms with E-state index in [1.54, 1.807) is 12.1 Å². The van der Waals surface area contributed by atoms with Gasteiger partial charge in [-0.2, -0.15) is 0 Å². The number of hydrogen-bond donors (Lipinski definition) is 1. The van der Waals surface area contributed by atoms with Crippen molar-refractivity contribution in [2.24, 2.45) is 0 Å². The lowest BCUT2D eigenvalue weighted by Crippen LogP contribution is -2.22. The summed E-state index contributed by atoms with van der Waals surface area (Å²) in [5.41, 5.74) is 2.38. The van der Waals surface area contributed by atoms with Crippen molar-refractivity contribution in [3.63, 3.8) is 0 Å². The van der Waals surface area contributed by atoms with E-state index in [-0.39, 0.29) is 6.04 Å². The van der Waals surface area contributed by atoms with Gasteiger partial charge >= 0.3 is 0 Å². The van der Waals surface area contributed by atoms with Crippen molar-refractivity contribution in [1.29, 1.82) is 0 Å². The zero-order chi connectivity index (χ0) is 14.5. The molecule has 0 aromatic heterocycles. The predicted molar refractivity (Wildman–Crippen MR) is 85.7 cm³/mol. The van der Waals surface area contributed by atoms with E-state index < -0.39 is 10.8 Å². The summed E-state index contributed by atoms with van der Waals surface area (Å²) in [7, 11) is 0.844. The maximum Gasteiger partial charge on any atom is 0.0548 e. The van der Waals surface area contributed by atoms with Crippen LogP contribution in [0, 0.1) is 6.92 Å². The van der Waals surface area contributed by atoms with Crippen LogP contribution >= 0.6 is 11.6 Å². The molecule has 106 valence electrons. The maximum absolute atomic E-state index is 12.4. The van der Waals surface area contributed by atoms with Gasteiger partial charge in [0.25, 0.3) is 0 Å². The summed E-state index contributed by atoms with van der Waals surface area (Å²) >= 11 is 5.85. The highest BCUT2D eigenvalue weighted by Crippen LogP contribution is 2.19. The molecule has 0 aliphatic carbocycles. The lowest BCUT2D eigenvalue weighted by Gasteiger charge is -2.16. The molecule has 0 spiro atoms. The quantitative estimate of drug-likeness (QED) is 0.912. The van der Waals surface area contributed by atoms with Crippen molar-refractivity contribution in [3.8, 4) is 0 Å². The van der Waals surface area contributed by atoms with Crippen LogP contribution in [0.4, 0.5) is 0 Å². The van der Waals surface area contributed by atoms with Gasteiger partial charge in [-0.3, -0.25) is 4.21 Å². The van der Waals surface area contributed by atoms with Crippen molar-refractivity contribution in [1.82, 2.24) is 5.32 Å². The van der Waals surface area contributed by atoms with Crippen molar-refractivity contribution < 1.29 is 4.21 Å². The van der Waals surface area contributed by atoms with Gasteiger partial charge in [-0.25, -0.2) is 0 Å². The van der Waals surface area contributed by atoms with Gasteiger partial charge in [0.05, 0.1) is 10.8 Å². The third-order valence-electron chi connectivity index (χ3n) is 3.22. The highest BCUT2D eigenvalue weighted by molar-refractivity contribution is 7.85. The number of hydrogen-bond acceptors (Lipinski definition) is 2.